The zero-order valence-corrected chi connectivity index (χ0v) is 15.8. The lowest BCUT2D eigenvalue weighted by Crippen LogP contribution is -2.38. The Balaban J connectivity index is 1.79. The van der Waals surface area contributed by atoms with Gasteiger partial charge in [0, 0.05) is 17.1 Å². The molecule has 28 heavy (non-hydrogen) atoms. The van der Waals surface area contributed by atoms with Gasteiger partial charge in [0.1, 0.15) is 29.2 Å². The van der Waals surface area contributed by atoms with Crippen LogP contribution >= 0.6 is 11.6 Å². The first kappa shape index (κ1) is 18.2. The van der Waals surface area contributed by atoms with Crippen LogP contribution in [0.3, 0.4) is 0 Å². The van der Waals surface area contributed by atoms with Gasteiger partial charge in [-0.05, 0) is 48.0 Å². The number of nitrogens with zero attached hydrogens (tertiary/aromatic N) is 2. The predicted molar refractivity (Wildman–Crippen MR) is 109 cm³/mol. The molecular formula is C22H19ClN2O3. The second kappa shape index (κ2) is 7.82. The van der Waals surface area contributed by atoms with Gasteiger partial charge in [0.25, 0.3) is 0 Å². The van der Waals surface area contributed by atoms with Crippen LogP contribution in [0.25, 0.3) is 6.20 Å². The van der Waals surface area contributed by atoms with Crippen molar-refractivity contribution in [2.24, 2.45) is 4.99 Å². The molecule has 3 aromatic rings. The number of aromatic hydroxyl groups is 2. The number of fused-ring (bicyclic) bond motifs is 1. The maximum Gasteiger partial charge on any atom is 0.151 e. The SMILES string of the molecule is Oc1ccc(C2N=c3c(O)cccc3=CN2c2ccc(OCCCl)cc2)cc1. The van der Waals surface area contributed by atoms with Crippen molar-refractivity contribution in [1.82, 2.24) is 0 Å². The van der Waals surface area contributed by atoms with E-state index in [1.807, 2.05) is 53.6 Å². The van der Waals surface area contributed by atoms with E-state index in [-0.39, 0.29) is 17.7 Å². The van der Waals surface area contributed by atoms with Crippen LogP contribution in [-0.4, -0.2) is 22.7 Å². The van der Waals surface area contributed by atoms with Crippen molar-refractivity contribution in [3.05, 3.63) is 82.9 Å². The van der Waals surface area contributed by atoms with Crippen LogP contribution in [0, 0.1) is 0 Å². The van der Waals surface area contributed by atoms with Crippen LogP contribution in [0.1, 0.15) is 11.7 Å². The Bertz CT molecular complexity index is 1080. The number of phenolic OH excluding ortho intramolecular Hbond substituents is 2. The number of ether oxygens (including phenoxy) is 1. The van der Waals surface area contributed by atoms with Gasteiger partial charge in [0.15, 0.2) is 6.17 Å². The molecule has 142 valence electrons. The zero-order valence-electron chi connectivity index (χ0n) is 15.0. The lowest BCUT2D eigenvalue weighted by atomic mass is 10.1. The molecular weight excluding hydrogens is 376 g/mol. The van der Waals surface area contributed by atoms with E-state index in [1.54, 1.807) is 24.3 Å². The van der Waals surface area contributed by atoms with E-state index in [9.17, 15) is 10.2 Å². The van der Waals surface area contributed by atoms with Crippen LogP contribution < -0.4 is 20.2 Å². The number of para-hydroxylation sites is 1. The minimum absolute atomic E-state index is 0.141. The Kier molecular flexibility index (Phi) is 5.08. The van der Waals surface area contributed by atoms with Crippen LogP contribution in [0.2, 0.25) is 0 Å². The number of alkyl halides is 1. The number of hydrogen-bond donors (Lipinski definition) is 2. The molecule has 4 rings (SSSR count). The fourth-order valence-corrected chi connectivity index (χ4v) is 3.24. The normalized spacial score (nSPS) is 15.3. The molecule has 2 N–H and O–H groups in total. The summed E-state index contributed by atoms with van der Waals surface area (Å²) in [5, 5.41) is 21.3. The Morgan fingerprint density at radius 3 is 2.43 bits per heavy atom. The summed E-state index contributed by atoms with van der Waals surface area (Å²) in [5.74, 6) is 1.52. The summed E-state index contributed by atoms with van der Waals surface area (Å²) >= 11 is 5.67. The van der Waals surface area contributed by atoms with Gasteiger partial charge in [-0.15, -0.1) is 11.6 Å². The number of benzene rings is 3. The number of halogens is 1. The number of anilines is 1. The second-order valence-electron chi connectivity index (χ2n) is 6.38. The van der Waals surface area contributed by atoms with E-state index in [1.165, 1.54) is 0 Å². The van der Waals surface area contributed by atoms with Crippen molar-refractivity contribution in [1.29, 1.82) is 0 Å². The Morgan fingerprint density at radius 2 is 1.71 bits per heavy atom. The van der Waals surface area contributed by atoms with Crippen molar-refractivity contribution >= 4 is 23.5 Å². The minimum atomic E-state index is -0.379. The van der Waals surface area contributed by atoms with Gasteiger partial charge < -0.3 is 19.8 Å². The van der Waals surface area contributed by atoms with Crippen molar-refractivity contribution in [2.75, 3.05) is 17.4 Å². The molecule has 0 spiro atoms. The average Bonchev–Trinajstić information content (AvgIpc) is 2.73. The lowest BCUT2D eigenvalue weighted by molar-refractivity contribution is 0.343. The predicted octanol–water partition coefficient (Wildman–Crippen LogP) is 3.29. The van der Waals surface area contributed by atoms with Gasteiger partial charge in [-0.2, -0.15) is 0 Å². The molecule has 0 saturated carbocycles. The van der Waals surface area contributed by atoms with Crippen molar-refractivity contribution < 1.29 is 14.9 Å². The number of phenols is 2. The quantitative estimate of drug-likeness (QED) is 0.652. The standard InChI is InChI=1S/C22H19ClN2O3/c23-12-13-28-19-10-6-17(7-11-19)25-14-16-2-1-3-20(27)21(16)24-22(25)15-4-8-18(26)9-5-15/h1-11,14,22,26-27H,12-13H2. The molecule has 1 unspecified atom stereocenters. The summed E-state index contributed by atoms with van der Waals surface area (Å²) in [5.41, 5.74) is 1.82. The first-order chi connectivity index (χ1) is 13.7. The highest BCUT2D eigenvalue weighted by Gasteiger charge is 2.22. The molecule has 0 bridgehead atoms. The van der Waals surface area contributed by atoms with E-state index in [0.717, 1.165) is 22.2 Å². The van der Waals surface area contributed by atoms with E-state index in [0.29, 0.717) is 17.8 Å². The molecule has 0 amide bonds. The van der Waals surface area contributed by atoms with E-state index in [2.05, 4.69) is 0 Å². The van der Waals surface area contributed by atoms with Crippen LogP contribution in [0.15, 0.2) is 71.7 Å². The fourth-order valence-electron chi connectivity index (χ4n) is 3.17. The lowest BCUT2D eigenvalue weighted by Gasteiger charge is -2.30. The molecule has 0 fully saturated rings. The van der Waals surface area contributed by atoms with Gasteiger partial charge in [-0.1, -0.05) is 24.3 Å². The van der Waals surface area contributed by atoms with Crippen molar-refractivity contribution in [2.45, 2.75) is 6.17 Å². The Morgan fingerprint density at radius 1 is 0.964 bits per heavy atom. The summed E-state index contributed by atoms with van der Waals surface area (Å²) in [6, 6.07) is 19.9. The molecule has 5 nitrogen and oxygen atoms in total. The zero-order chi connectivity index (χ0) is 19.5. The second-order valence-corrected chi connectivity index (χ2v) is 6.75. The maximum absolute atomic E-state index is 10.2. The van der Waals surface area contributed by atoms with Gasteiger partial charge in [-0.3, -0.25) is 4.99 Å². The highest BCUT2D eigenvalue weighted by atomic mass is 35.5. The number of hydrogen-bond acceptors (Lipinski definition) is 5. The first-order valence-electron chi connectivity index (χ1n) is 8.89. The summed E-state index contributed by atoms with van der Waals surface area (Å²) < 4.78 is 5.55. The van der Waals surface area contributed by atoms with E-state index < -0.39 is 0 Å². The van der Waals surface area contributed by atoms with Crippen molar-refractivity contribution in [3.8, 4) is 17.2 Å². The third-order valence-electron chi connectivity index (χ3n) is 4.51. The summed E-state index contributed by atoms with van der Waals surface area (Å²) in [7, 11) is 0. The van der Waals surface area contributed by atoms with Crippen LogP contribution in [0.5, 0.6) is 17.2 Å². The third-order valence-corrected chi connectivity index (χ3v) is 4.67. The number of rotatable bonds is 5. The first-order valence-corrected chi connectivity index (χ1v) is 9.43. The van der Waals surface area contributed by atoms with Gasteiger partial charge in [0.2, 0.25) is 0 Å². The molecule has 1 atom stereocenters. The van der Waals surface area contributed by atoms with Gasteiger partial charge >= 0.3 is 0 Å². The molecule has 0 aromatic heterocycles. The molecule has 1 aliphatic rings. The van der Waals surface area contributed by atoms with Crippen LogP contribution in [0.4, 0.5) is 5.69 Å². The highest BCUT2D eigenvalue weighted by molar-refractivity contribution is 6.18. The molecule has 0 radical (unpaired) electrons. The monoisotopic (exact) mass is 394 g/mol. The topological polar surface area (TPSA) is 65.3 Å². The molecule has 1 aliphatic heterocycles. The molecule has 0 saturated heterocycles. The third kappa shape index (κ3) is 3.62. The minimum Gasteiger partial charge on any atom is -0.508 e. The summed E-state index contributed by atoms with van der Waals surface area (Å²) in [6.07, 6.45) is 1.59. The summed E-state index contributed by atoms with van der Waals surface area (Å²) in [6.45, 7) is 0.453. The van der Waals surface area contributed by atoms with Gasteiger partial charge in [-0.25, -0.2) is 0 Å². The fraction of sp³-hybridized carbons (Fsp3) is 0.136. The smallest absolute Gasteiger partial charge is 0.151 e. The van der Waals surface area contributed by atoms with Crippen LogP contribution in [-0.2, 0) is 0 Å². The largest absolute Gasteiger partial charge is 0.508 e. The highest BCUT2D eigenvalue weighted by Crippen LogP contribution is 2.31. The van der Waals surface area contributed by atoms with Crippen molar-refractivity contribution in [3.63, 3.8) is 0 Å². The molecule has 3 aromatic carbocycles. The average molecular weight is 395 g/mol. The summed E-state index contributed by atoms with van der Waals surface area (Å²) in [4.78, 5) is 6.82. The molecule has 1 heterocycles. The van der Waals surface area contributed by atoms with E-state index in [4.69, 9.17) is 21.3 Å². The Hall–Kier alpha value is -3.18. The molecule has 0 aliphatic carbocycles. The molecule has 6 heteroatoms. The van der Waals surface area contributed by atoms with E-state index >= 15 is 0 Å². The maximum atomic E-state index is 10.2. The Labute approximate surface area is 167 Å². The van der Waals surface area contributed by atoms with Gasteiger partial charge in [0.05, 0.1) is 5.88 Å².